The zero-order chi connectivity index (χ0) is 14.6. The van der Waals surface area contributed by atoms with Crippen molar-refractivity contribution in [2.24, 2.45) is 11.7 Å². The van der Waals surface area contributed by atoms with Crippen LogP contribution in [-0.2, 0) is 9.59 Å². The second kappa shape index (κ2) is 6.34. The van der Waals surface area contributed by atoms with Gasteiger partial charge in [0.25, 0.3) is 0 Å². The van der Waals surface area contributed by atoms with E-state index in [-0.39, 0.29) is 17.7 Å². The number of likely N-dealkylation sites (tertiary alicyclic amines) is 1. The molecule has 1 atom stereocenters. The Bertz CT molecular complexity index is 342. The van der Waals surface area contributed by atoms with Gasteiger partial charge in [-0.15, -0.1) is 0 Å². The van der Waals surface area contributed by atoms with E-state index in [0.29, 0.717) is 26.1 Å². The molecule has 1 saturated heterocycles. The summed E-state index contributed by atoms with van der Waals surface area (Å²) in [6.07, 6.45) is 0.305. The number of nitrogens with two attached hydrogens (primary N) is 1. The molecule has 0 aromatic rings. The molecule has 0 radical (unpaired) electrons. The topological polar surface area (TPSA) is 78.7 Å². The van der Waals surface area contributed by atoms with Crippen LogP contribution in [0.15, 0.2) is 0 Å². The lowest BCUT2D eigenvalue weighted by Gasteiger charge is -2.26. The number of nitrogens with one attached hydrogen (secondary N) is 1. The van der Waals surface area contributed by atoms with Gasteiger partial charge in [-0.25, -0.2) is 0 Å². The van der Waals surface area contributed by atoms with Crippen LogP contribution in [0.2, 0.25) is 0 Å². The van der Waals surface area contributed by atoms with Crippen LogP contribution in [0.5, 0.6) is 0 Å². The highest BCUT2D eigenvalue weighted by Gasteiger charge is 2.35. The van der Waals surface area contributed by atoms with Crippen molar-refractivity contribution in [1.29, 1.82) is 0 Å². The van der Waals surface area contributed by atoms with E-state index in [9.17, 15) is 9.59 Å². The number of carbonyl (C=O) groups is 2. The summed E-state index contributed by atoms with van der Waals surface area (Å²) >= 11 is 0. The molecule has 0 bridgehead atoms. The summed E-state index contributed by atoms with van der Waals surface area (Å²) in [6, 6.07) is 0. The molecule has 19 heavy (non-hydrogen) atoms. The molecule has 110 valence electrons. The number of likely N-dealkylation sites (N-methyl/N-ethyl adjacent to an activating group) is 1. The number of rotatable bonds is 6. The third-order valence-corrected chi connectivity index (χ3v) is 3.37. The van der Waals surface area contributed by atoms with Crippen molar-refractivity contribution in [1.82, 2.24) is 15.1 Å². The number of carbonyl (C=O) groups excluding carboxylic acids is 2. The summed E-state index contributed by atoms with van der Waals surface area (Å²) in [5.41, 5.74) is 5.17. The molecule has 1 aliphatic heterocycles. The first-order valence-electron chi connectivity index (χ1n) is 6.70. The molecule has 1 heterocycles. The van der Waals surface area contributed by atoms with E-state index < -0.39 is 5.54 Å². The van der Waals surface area contributed by atoms with Gasteiger partial charge in [0.15, 0.2) is 0 Å². The van der Waals surface area contributed by atoms with Gasteiger partial charge in [-0.2, -0.15) is 0 Å². The minimum Gasteiger partial charge on any atom is -0.350 e. The summed E-state index contributed by atoms with van der Waals surface area (Å²) in [5.74, 6) is -0.260. The van der Waals surface area contributed by atoms with E-state index in [1.807, 2.05) is 32.8 Å². The van der Waals surface area contributed by atoms with Gasteiger partial charge in [-0.05, 0) is 27.9 Å². The van der Waals surface area contributed by atoms with Crippen LogP contribution >= 0.6 is 0 Å². The van der Waals surface area contributed by atoms with Crippen LogP contribution in [0.1, 0.15) is 20.3 Å². The van der Waals surface area contributed by atoms with Crippen molar-refractivity contribution in [2.45, 2.75) is 25.8 Å². The minimum atomic E-state index is -0.419. The predicted molar refractivity (Wildman–Crippen MR) is 74.5 cm³/mol. The lowest BCUT2D eigenvalue weighted by atomic mass is 10.0. The summed E-state index contributed by atoms with van der Waals surface area (Å²) in [7, 11) is 3.93. The molecule has 1 fully saturated rings. The van der Waals surface area contributed by atoms with E-state index in [1.54, 1.807) is 4.90 Å². The highest BCUT2D eigenvalue weighted by Crippen LogP contribution is 2.18. The van der Waals surface area contributed by atoms with E-state index in [4.69, 9.17) is 5.73 Å². The Morgan fingerprint density at radius 3 is 2.68 bits per heavy atom. The second-order valence-electron chi connectivity index (χ2n) is 6.12. The van der Waals surface area contributed by atoms with Crippen molar-refractivity contribution < 1.29 is 9.59 Å². The Kier molecular flexibility index (Phi) is 5.31. The van der Waals surface area contributed by atoms with Gasteiger partial charge in [0, 0.05) is 38.1 Å². The molecule has 0 aromatic heterocycles. The molecule has 1 rings (SSSR count). The molecular formula is C13H26N4O2. The van der Waals surface area contributed by atoms with Gasteiger partial charge in [0.1, 0.15) is 0 Å². The molecule has 2 amide bonds. The average molecular weight is 270 g/mol. The average Bonchev–Trinajstić information content (AvgIpc) is 2.68. The van der Waals surface area contributed by atoms with Crippen LogP contribution in [0.3, 0.4) is 0 Å². The van der Waals surface area contributed by atoms with Crippen molar-refractivity contribution >= 4 is 11.8 Å². The lowest BCUT2D eigenvalue weighted by molar-refractivity contribution is -0.129. The highest BCUT2D eigenvalue weighted by molar-refractivity contribution is 5.89. The fraction of sp³-hybridized carbons (Fsp3) is 0.846. The number of hydrogen-bond acceptors (Lipinski definition) is 4. The van der Waals surface area contributed by atoms with E-state index in [2.05, 4.69) is 5.32 Å². The molecule has 0 aromatic carbocycles. The molecule has 6 heteroatoms. The van der Waals surface area contributed by atoms with Gasteiger partial charge in [0.2, 0.25) is 11.8 Å². The van der Waals surface area contributed by atoms with Crippen LogP contribution in [0.4, 0.5) is 0 Å². The van der Waals surface area contributed by atoms with Crippen molar-refractivity contribution in [3.63, 3.8) is 0 Å². The SMILES string of the molecule is CN(C)CCN1CC(C(=O)NC(C)(C)CN)CC1=O. The van der Waals surface area contributed by atoms with E-state index in [1.165, 1.54) is 0 Å². The predicted octanol–water partition coefficient (Wildman–Crippen LogP) is -0.750. The Balaban J connectivity index is 2.49. The van der Waals surface area contributed by atoms with Gasteiger partial charge in [0.05, 0.1) is 5.92 Å². The summed E-state index contributed by atoms with van der Waals surface area (Å²) < 4.78 is 0. The number of nitrogens with zero attached hydrogens (tertiary/aromatic N) is 2. The molecule has 1 aliphatic rings. The standard InChI is InChI=1S/C13H26N4O2/c1-13(2,9-14)15-12(19)10-7-11(18)17(8-10)6-5-16(3)4/h10H,5-9,14H2,1-4H3,(H,15,19). The highest BCUT2D eigenvalue weighted by atomic mass is 16.2. The largest absolute Gasteiger partial charge is 0.350 e. The minimum absolute atomic E-state index is 0.0626. The van der Waals surface area contributed by atoms with Crippen LogP contribution in [-0.4, -0.2) is 67.4 Å². The first-order valence-corrected chi connectivity index (χ1v) is 6.70. The Morgan fingerprint density at radius 2 is 2.16 bits per heavy atom. The smallest absolute Gasteiger partial charge is 0.225 e. The van der Waals surface area contributed by atoms with Crippen LogP contribution in [0.25, 0.3) is 0 Å². The van der Waals surface area contributed by atoms with Gasteiger partial charge in [-0.1, -0.05) is 0 Å². The van der Waals surface area contributed by atoms with Gasteiger partial charge < -0.3 is 20.9 Å². The zero-order valence-corrected chi connectivity index (χ0v) is 12.4. The van der Waals surface area contributed by atoms with Crippen molar-refractivity contribution in [3.8, 4) is 0 Å². The third-order valence-electron chi connectivity index (χ3n) is 3.37. The molecule has 0 aliphatic carbocycles. The fourth-order valence-electron chi connectivity index (χ4n) is 1.97. The molecule has 0 saturated carbocycles. The Labute approximate surface area is 115 Å². The lowest BCUT2D eigenvalue weighted by Crippen LogP contribution is -2.51. The molecule has 3 N–H and O–H groups in total. The monoisotopic (exact) mass is 270 g/mol. The van der Waals surface area contributed by atoms with E-state index in [0.717, 1.165) is 6.54 Å². The Morgan fingerprint density at radius 1 is 1.53 bits per heavy atom. The van der Waals surface area contributed by atoms with E-state index >= 15 is 0 Å². The quantitative estimate of drug-likeness (QED) is 0.666. The number of hydrogen-bond donors (Lipinski definition) is 2. The van der Waals surface area contributed by atoms with Crippen molar-refractivity contribution in [2.75, 3.05) is 40.3 Å². The van der Waals surface area contributed by atoms with Gasteiger partial charge >= 0.3 is 0 Å². The Hall–Kier alpha value is -1.14. The van der Waals surface area contributed by atoms with Crippen molar-refractivity contribution in [3.05, 3.63) is 0 Å². The normalized spacial score (nSPS) is 20.2. The zero-order valence-electron chi connectivity index (χ0n) is 12.4. The third kappa shape index (κ3) is 4.80. The number of amides is 2. The second-order valence-corrected chi connectivity index (χ2v) is 6.12. The maximum atomic E-state index is 12.1. The van der Waals surface area contributed by atoms with Crippen LogP contribution in [0, 0.1) is 5.92 Å². The maximum absolute atomic E-state index is 12.1. The molecule has 6 nitrogen and oxygen atoms in total. The summed E-state index contributed by atoms with van der Waals surface area (Å²) in [4.78, 5) is 27.7. The fourth-order valence-corrected chi connectivity index (χ4v) is 1.97. The van der Waals surface area contributed by atoms with Gasteiger partial charge in [-0.3, -0.25) is 9.59 Å². The maximum Gasteiger partial charge on any atom is 0.225 e. The summed E-state index contributed by atoms with van der Waals surface area (Å²) in [5, 5.41) is 2.90. The molecule has 1 unspecified atom stereocenters. The molecule has 0 spiro atoms. The van der Waals surface area contributed by atoms with Crippen LogP contribution < -0.4 is 11.1 Å². The molecular weight excluding hydrogens is 244 g/mol. The summed E-state index contributed by atoms with van der Waals surface area (Å²) in [6.45, 7) is 6.14. The first-order chi connectivity index (χ1) is 8.75. The first kappa shape index (κ1) is 15.9.